The normalized spacial score (nSPS) is 14.3. The zero-order chi connectivity index (χ0) is 24.8. The molecule has 2 amide bonds. The molecule has 0 bridgehead atoms. The molecule has 3 rings (SSSR count). The Kier molecular flexibility index (Phi) is 7.88. The number of rotatable bonds is 9. The average Bonchev–Trinajstić information content (AvgIpc) is 3.30. The fourth-order valence-electron chi connectivity index (χ4n) is 4.01. The first kappa shape index (κ1) is 24.8. The Morgan fingerprint density at radius 3 is 2.47 bits per heavy atom. The molecule has 0 saturated heterocycles. The maximum Gasteiger partial charge on any atom is 0.255 e. The molecule has 7 N–H and O–H groups in total. The second-order valence-electron chi connectivity index (χ2n) is 8.35. The Hall–Kier alpha value is -3.88. The van der Waals surface area contributed by atoms with Gasteiger partial charge in [-0.25, -0.2) is 4.39 Å². The highest BCUT2D eigenvalue weighted by atomic mass is 19.1. The number of nitrogens with one attached hydrogen (secondary N) is 3. The van der Waals surface area contributed by atoms with Gasteiger partial charge in [0.15, 0.2) is 0 Å². The lowest BCUT2D eigenvalue weighted by Gasteiger charge is -2.17. The van der Waals surface area contributed by atoms with Crippen molar-refractivity contribution < 1.29 is 18.7 Å². The molecule has 2 aromatic carbocycles. The van der Waals surface area contributed by atoms with E-state index in [0.717, 1.165) is 37.3 Å². The Bertz CT molecular complexity index is 1140. The first-order chi connectivity index (χ1) is 16.2. The van der Waals surface area contributed by atoms with Crippen molar-refractivity contribution in [3.63, 3.8) is 0 Å². The van der Waals surface area contributed by atoms with Gasteiger partial charge in [0.05, 0.1) is 18.4 Å². The van der Waals surface area contributed by atoms with Crippen molar-refractivity contribution in [2.24, 2.45) is 11.5 Å². The van der Waals surface area contributed by atoms with Crippen LogP contribution in [-0.2, 0) is 11.3 Å². The van der Waals surface area contributed by atoms with Gasteiger partial charge >= 0.3 is 0 Å². The highest BCUT2D eigenvalue weighted by Gasteiger charge is 2.22. The number of amides is 2. The first-order valence-corrected chi connectivity index (χ1v) is 11.1. The van der Waals surface area contributed by atoms with Crippen LogP contribution in [-0.4, -0.2) is 30.7 Å². The van der Waals surface area contributed by atoms with Crippen LogP contribution in [0, 0.1) is 18.2 Å². The summed E-state index contributed by atoms with van der Waals surface area (Å²) in [5.41, 5.74) is 12.7. The summed E-state index contributed by atoms with van der Waals surface area (Å²) < 4.78 is 20.0. The minimum absolute atomic E-state index is 0.0215. The molecule has 0 spiro atoms. The van der Waals surface area contributed by atoms with Crippen molar-refractivity contribution in [1.82, 2.24) is 10.6 Å². The van der Waals surface area contributed by atoms with E-state index >= 15 is 0 Å². The molecule has 0 unspecified atom stereocenters. The highest BCUT2D eigenvalue weighted by Crippen LogP contribution is 2.21. The molecule has 0 aliphatic heterocycles. The Labute approximate surface area is 198 Å². The van der Waals surface area contributed by atoms with Gasteiger partial charge in [0.1, 0.15) is 23.0 Å². The van der Waals surface area contributed by atoms with Crippen LogP contribution in [0.15, 0.2) is 47.8 Å². The number of ether oxygens (including phenoxy) is 1. The largest absolute Gasteiger partial charge is 0.496 e. The average molecular weight is 468 g/mol. The number of hydrogen-bond donors (Lipinski definition) is 5. The molecule has 0 aromatic heterocycles. The van der Waals surface area contributed by atoms with E-state index < -0.39 is 17.6 Å². The van der Waals surface area contributed by atoms with Gasteiger partial charge in [-0.1, -0.05) is 36.6 Å². The lowest BCUT2D eigenvalue weighted by atomic mass is 9.99. The molecule has 180 valence electrons. The van der Waals surface area contributed by atoms with Crippen LogP contribution in [0.3, 0.4) is 0 Å². The van der Waals surface area contributed by atoms with Gasteiger partial charge < -0.3 is 26.8 Å². The van der Waals surface area contributed by atoms with Gasteiger partial charge in [-0.2, -0.15) is 0 Å². The summed E-state index contributed by atoms with van der Waals surface area (Å²) in [6.07, 6.45) is 3.97. The molecule has 8 nitrogen and oxygen atoms in total. The van der Waals surface area contributed by atoms with Gasteiger partial charge in [-0.05, 0) is 38.0 Å². The third-order valence-electron chi connectivity index (χ3n) is 5.86. The zero-order valence-corrected chi connectivity index (χ0v) is 19.3. The lowest BCUT2D eigenvalue weighted by molar-refractivity contribution is -0.114. The fraction of sp³-hybridized carbons (Fsp3) is 0.320. The molecule has 1 fully saturated rings. The summed E-state index contributed by atoms with van der Waals surface area (Å²) in [4.78, 5) is 24.6. The minimum Gasteiger partial charge on any atom is -0.496 e. The monoisotopic (exact) mass is 467 g/mol. The Morgan fingerprint density at radius 1 is 1.15 bits per heavy atom. The van der Waals surface area contributed by atoms with E-state index in [1.54, 1.807) is 12.1 Å². The third-order valence-corrected chi connectivity index (χ3v) is 5.86. The lowest BCUT2D eigenvalue weighted by Crippen LogP contribution is -2.36. The van der Waals surface area contributed by atoms with E-state index in [0.29, 0.717) is 11.3 Å². The second-order valence-corrected chi connectivity index (χ2v) is 8.35. The number of carbonyl (C=O) groups is 2. The number of hydrogen-bond acceptors (Lipinski definition) is 6. The summed E-state index contributed by atoms with van der Waals surface area (Å²) in [6.45, 7) is 1.79. The third kappa shape index (κ3) is 5.72. The van der Waals surface area contributed by atoms with E-state index in [2.05, 4.69) is 10.6 Å². The Balaban J connectivity index is 1.75. The summed E-state index contributed by atoms with van der Waals surface area (Å²) in [6, 6.07) is 9.41. The molecule has 2 aromatic rings. The van der Waals surface area contributed by atoms with Crippen LogP contribution in [0.4, 0.5) is 4.39 Å². The van der Waals surface area contributed by atoms with Crippen LogP contribution >= 0.6 is 0 Å². The van der Waals surface area contributed by atoms with Crippen molar-refractivity contribution in [3.8, 4) is 5.75 Å². The molecule has 0 radical (unpaired) electrons. The summed E-state index contributed by atoms with van der Waals surface area (Å²) in [7, 11) is 1.47. The van der Waals surface area contributed by atoms with Crippen molar-refractivity contribution in [2.45, 2.75) is 45.2 Å². The number of nitrogens with two attached hydrogens (primary N) is 2. The maximum absolute atomic E-state index is 14.8. The van der Waals surface area contributed by atoms with Crippen molar-refractivity contribution in [2.75, 3.05) is 7.11 Å². The van der Waals surface area contributed by atoms with E-state index in [1.165, 1.54) is 19.2 Å². The smallest absolute Gasteiger partial charge is 0.255 e. The number of halogens is 1. The SMILES string of the molecule is COc1ccc(C)cc1C(=O)NCc1ccc(C(=N)/C(C(N)=O)=C(/N)NC2CCCC2)cc1F. The van der Waals surface area contributed by atoms with Crippen LogP contribution in [0.2, 0.25) is 0 Å². The number of carbonyl (C=O) groups excluding carboxylic acids is 2. The number of primary amides is 1. The summed E-state index contributed by atoms with van der Waals surface area (Å²) >= 11 is 0. The van der Waals surface area contributed by atoms with Crippen molar-refractivity contribution in [1.29, 1.82) is 5.41 Å². The number of benzene rings is 2. The molecule has 1 aliphatic rings. The summed E-state index contributed by atoms with van der Waals surface area (Å²) in [5.74, 6) is -1.46. The Morgan fingerprint density at radius 2 is 1.85 bits per heavy atom. The molecule has 1 saturated carbocycles. The minimum atomic E-state index is -0.864. The van der Waals surface area contributed by atoms with Gasteiger partial charge in [0.2, 0.25) is 0 Å². The van der Waals surface area contributed by atoms with E-state index in [4.69, 9.17) is 21.6 Å². The second kappa shape index (κ2) is 10.8. The van der Waals surface area contributed by atoms with Crippen LogP contribution in [0.1, 0.15) is 52.7 Å². The predicted molar refractivity (Wildman–Crippen MR) is 128 cm³/mol. The van der Waals surface area contributed by atoms with Gasteiger partial charge in [0, 0.05) is 23.7 Å². The molecular weight excluding hydrogens is 437 g/mol. The van der Waals surface area contributed by atoms with Crippen LogP contribution < -0.4 is 26.8 Å². The number of aryl methyl sites for hydroxylation is 1. The maximum atomic E-state index is 14.8. The molecular formula is C25H30FN5O3. The molecule has 0 heterocycles. The van der Waals surface area contributed by atoms with Crippen LogP contribution in [0.5, 0.6) is 5.75 Å². The highest BCUT2D eigenvalue weighted by molar-refractivity contribution is 6.26. The summed E-state index contributed by atoms with van der Waals surface area (Å²) in [5, 5.41) is 14.2. The number of methoxy groups -OCH3 is 1. The van der Waals surface area contributed by atoms with Gasteiger partial charge in [-0.3, -0.25) is 15.0 Å². The van der Waals surface area contributed by atoms with E-state index in [-0.39, 0.29) is 40.8 Å². The predicted octanol–water partition coefficient (Wildman–Crippen LogP) is 2.63. The molecule has 1 aliphatic carbocycles. The zero-order valence-electron chi connectivity index (χ0n) is 19.3. The quantitative estimate of drug-likeness (QED) is 0.285. The molecule has 34 heavy (non-hydrogen) atoms. The van der Waals surface area contributed by atoms with Crippen LogP contribution in [0.25, 0.3) is 0 Å². The van der Waals surface area contributed by atoms with Gasteiger partial charge in [0.25, 0.3) is 11.8 Å². The standard InChI is InChI=1S/C25H30FN5O3/c1-14-7-10-20(34-2)18(11-14)25(33)30-13-16-9-8-15(12-19(16)26)22(27)21(24(29)32)23(28)31-17-5-3-4-6-17/h7-12,17,27,31H,3-6,13,28H2,1-2H3,(H2,29,32)(H,30,33)/b23-21+,27-22?. The fourth-order valence-corrected chi connectivity index (χ4v) is 4.01. The van der Waals surface area contributed by atoms with Crippen molar-refractivity contribution >= 4 is 17.5 Å². The molecule has 9 heteroatoms. The van der Waals surface area contributed by atoms with Crippen molar-refractivity contribution in [3.05, 3.63) is 75.9 Å². The van der Waals surface area contributed by atoms with Gasteiger partial charge in [-0.15, -0.1) is 0 Å². The van der Waals surface area contributed by atoms with E-state index in [9.17, 15) is 14.0 Å². The topological polar surface area (TPSA) is 143 Å². The first-order valence-electron chi connectivity index (χ1n) is 11.1. The molecule has 0 atom stereocenters. The van der Waals surface area contributed by atoms with E-state index in [1.807, 2.05) is 13.0 Å².